The fraction of sp³-hybridized carbons (Fsp3) is 0.400. The minimum Gasteiger partial charge on any atom is -0.486 e. The van der Waals surface area contributed by atoms with Crippen molar-refractivity contribution in [1.82, 2.24) is 10.3 Å². The molecule has 0 unspecified atom stereocenters. The van der Waals surface area contributed by atoms with E-state index < -0.39 is 0 Å². The highest BCUT2D eigenvalue weighted by Crippen LogP contribution is 2.35. The summed E-state index contributed by atoms with van der Waals surface area (Å²) >= 11 is 0. The van der Waals surface area contributed by atoms with Gasteiger partial charge in [-0.15, -0.1) is 0 Å². The van der Waals surface area contributed by atoms with Crippen molar-refractivity contribution in [3.63, 3.8) is 0 Å². The molecule has 0 bridgehead atoms. The molecule has 2 aromatic rings. The molecule has 19 heavy (non-hydrogen) atoms. The van der Waals surface area contributed by atoms with Crippen LogP contribution in [0.25, 0.3) is 10.8 Å². The Morgan fingerprint density at radius 1 is 1.21 bits per heavy atom. The smallest absolute Gasteiger partial charge is 0.162 e. The molecule has 0 amide bonds. The van der Waals surface area contributed by atoms with Crippen molar-refractivity contribution in [2.45, 2.75) is 12.8 Å². The van der Waals surface area contributed by atoms with Gasteiger partial charge in [-0.1, -0.05) is 0 Å². The Labute approximate surface area is 112 Å². The second-order valence-electron chi connectivity index (χ2n) is 4.68. The monoisotopic (exact) mass is 258 g/mol. The number of hydrogen-bond acceptors (Lipinski definition) is 4. The Hall–Kier alpha value is -1.81. The number of aromatic nitrogens is 1. The highest BCUT2D eigenvalue weighted by Gasteiger charge is 2.14. The van der Waals surface area contributed by atoms with E-state index in [1.807, 2.05) is 25.4 Å². The first-order chi connectivity index (χ1) is 9.38. The van der Waals surface area contributed by atoms with E-state index in [0.717, 1.165) is 36.6 Å². The summed E-state index contributed by atoms with van der Waals surface area (Å²) in [6.07, 6.45) is 3.92. The summed E-state index contributed by atoms with van der Waals surface area (Å²) < 4.78 is 11.3. The zero-order chi connectivity index (χ0) is 13.1. The number of pyridine rings is 1. The van der Waals surface area contributed by atoms with E-state index >= 15 is 0 Å². The van der Waals surface area contributed by atoms with Gasteiger partial charge in [0.15, 0.2) is 11.5 Å². The lowest BCUT2D eigenvalue weighted by atomic mass is 10.1. The Kier molecular flexibility index (Phi) is 3.51. The van der Waals surface area contributed by atoms with Crippen molar-refractivity contribution in [3.8, 4) is 11.5 Å². The van der Waals surface area contributed by atoms with Crippen LogP contribution in [0.2, 0.25) is 0 Å². The molecule has 100 valence electrons. The maximum atomic E-state index is 5.65. The van der Waals surface area contributed by atoms with E-state index in [0.29, 0.717) is 13.2 Å². The molecule has 0 fully saturated rings. The van der Waals surface area contributed by atoms with Crippen LogP contribution in [0.5, 0.6) is 11.5 Å². The summed E-state index contributed by atoms with van der Waals surface area (Å²) in [5.74, 6) is 1.67. The van der Waals surface area contributed by atoms with Crippen molar-refractivity contribution in [2.24, 2.45) is 0 Å². The van der Waals surface area contributed by atoms with E-state index in [2.05, 4.69) is 16.4 Å². The highest BCUT2D eigenvalue weighted by atomic mass is 16.6. The van der Waals surface area contributed by atoms with Gasteiger partial charge in [-0.05, 0) is 50.0 Å². The molecular weight excluding hydrogens is 240 g/mol. The Bertz CT molecular complexity index is 584. The van der Waals surface area contributed by atoms with E-state index in [-0.39, 0.29) is 0 Å². The average molecular weight is 258 g/mol. The maximum Gasteiger partial charge on any atom is 0.162 e. The normalized spacial score (nSPS) is 13.7. The summed E-state index contributed by atoms with van der Waals surface area (Å²) in [6, 6.07) is 6.13. The van der Waals surface area contributed by atoms with Crippen LogP contribution in [0.3, 0.4) is 0 Å². The topological polar surface area (TPSA) is 43.4 Å². The maximum absolute atomic E-state index is 5.65. The van der Waals surface area contributed by atoms with Crippen molar-refractivity contribution < 1.29 is 9.47 Å². The largest absolute Gasteiger partial charge is 0.486 e. The molecule has 1 N–H and O–H groups in total. The number of benzene rings is 1. The minimum atomic E-state index is 0.619. The number of nitrogens with one attached hydrogen (secondary N) is 1. The summed E-state index contributed by atoms with van der Waals surface area (Å²) in [5.41, 5.74) is 1.13. The van der Waals surface area contributed by atoms with E-state index in [4.69, 9.17) is 9.47 Å². The number of ether oxygens (including phenoxy) is 2. The highest BCUT2D eigenvalue weighted by molar-refractivity contribution is 5.88. The third-order valence-corrected chi connectivity index (χ3v) is 3.35. The van der Waals surface area contributed by atoms with Gasteiger partial charge in [0.05, 0.1) is 0 Å². The molecule has 3 rings (SSSR count). The molecule has 0 radical (unpaired) electrons. The second kappa shape index (κ2) is 5.45. The quantitative estimate of drug-likeness (QED) is 0.853. The summed E-state index contributed by atoms with van der Waals surface area (Å²) in [4.78, 5) is 4.50. The van der Waals surface area contributed by atoms with E-state index in [1.165, 1.54) is 10.8 Å². The van der Waals surface area contributed by atoms with Gasteiger partial charge in [-0.3, -0.25) is 4.98 Å². The second-order valence-corrected chi connectivity index (χ2v) is 4.68. The molecule has 4 heteroatoms. The van der Waals surface area contributed by atoms with Crippen LogP contribution in [-0.2, 0) is 6.42 Å². The van der Waals surface area contributed by atoms with Gasteiger partial charge in [-0.25, -0.2) is 0 Å². The van der Waals surface area contributed by atoms with Crippen LogP contribution in [0.1, 0.15) is 12.1 Å². The third-order valence-electron chi connectivity index (χ3n) is 3.35. The lowest BCUT2D eigenvalue weighted by molar-refractivity contribution is 0.172. The van der Waals surface area contributed by atoms with Gasteiger partial charge < -0.3 is 14.8 Å². The molecule has 1 aromatic heterocycles. The first-order valence-electron chi connectivity index (χ1n) is 6.70. The molecule has 4 nitrogen and oxygen atoms in total. The van der Waals surface area contributed by atoms with Crippen LogP contribution in [0.15, 0.2) is 24.4 Å². The zero-order valence-corrected chi connectivity index (χ0v) is 11.1. The van der Waals surface area contributed by atoms with Gasteiger partial charge in [0.1, 0.15) is 13.2 Å². The van der Waals surface area contributed by atoms with Gasteiger partial charge >= 0.3 is 0 Å². The summed E-state index contributed by atoms with van der Waals surface area (Å²) in [7, 11) is 1.97. The Balaban J connectivity index is 1.98. The Morgan fingerprint density at radius 3 is 2.79 bits per heavy atom. The van der Waals surface area contributed by atoms with Crippen molar-refractivity contribution >= 4 is 10.8 Å². The Morgan fingerprint density at radius 2 is 2.00 bits per heavy atom. The standard InChI is InChI=1S/C15H18N2O2/c1-16-5-2-3-13-12-10-15-14(18-7-8-19-15)9-11(12)4-6-17-13/h4,6,9-10,16H,2-3,5,7-8H2,1H3. The van der Waals surface area contributed by atoms with Gasteiger partial charge in [0, 0.05) is 17.3 Å². The van der Waals surface area contributed by atoms with Crippen LogP contribution in [0.4, 0.5) is 0 Å². The number of nitrogens with zero attached hydrogens (tertiary/aromatic N) is 1. The fourth-order valence-electron chi connectivity index (χ4n) is 2.40. The lowest BCUT2D eigenvalue weighted by Crippen LogP contribution is -2.15. The first-order valence-corrected chi connectivity index (χ1v) is 6.70. The van der Waals surface area contributed by atoms with Crippen molar-refractivity contribution in [3.05, 3.63) is 30.1 Å². The van der Waals surface area contributed by atoms with Crippen LogP contribution < -0.4 is 14.8 Å². The number of fused-ring (bicyclic) bond motifs is 2. The molecule has 1 aliphatic heterocycles. The molecule has 0 aliphatic carbocycles. The van der Waals surface area contributed by atoms with Crippen LogP contribution >= 0.6 is 0 Å². The van der Waals surface area contributed by atoms with Gasteiger partial charge in [0.2, 0.25) is 0 Å². The third kappa shape index (κ3) is 2.49. The fourth-order valence-corrected chi connectivity index (χ4v) is 2.40. The lowest BCUT2D eigenvalue weighted by Gasteiger charge is -2.19. The molecular formula is C15H18N2O2. The van der Waals surface area contributed by atoms with Crippen LogP contribution in [-0.4, -0.2) is 31.8 Å². The minimum absolute atomic E-state index is 0.619. The predicted octanol–water partition coefficient (Wildman–Crippen LogP) is 2.16. The number of rotatable bonds is 4. The van der Waals surface area contributed by atoms with E-state index in [1.54, 1.807) is 0 Å². The van der Waals surface area contributed by atoms with Crippen molar-refractivity contribution in [2.75, 3.05) is 26.8 Å². The average Bonchev–Trinajstić information content (AvgIpc) is 2.46. The first kappa shape index (κ1) is 12.2. The molecule has 1 aromatic carbocycles. The summed E-state index contributed by atoms with van der Waals surface area (Å²) in [5, 5.41) is 5.50. The van der Waals surface area contributed by atoms with Gasteiger partial charge in [0.25, 0.3) is 0 Å². The molecule has 2 heterocycles. The SMILES string of the molecule is CNCCCc1nccc2cc3c(cc12)OCCO3. The molecule has 0 saturated heterocycles. The molecule has 0 atom stereocenters. The molecule has 0 spiro atoms. The van der Waals surface area contributed by atoms with Crippen molar-refractivity contribution in [1.29, 1.82) is 0 Å². The number of aryl methyl sites for hydroxylation is 1. The molecule has 1 aliphatic rings. The van der Waals surface area contributed by atoms with E-state index in [9.17, 15) is 0 Å². The van der Waals surface area contributed by atoms with Gasteiger partial charge in [-0.2, -0.15) is 0 Å². The zero-order valence-electron chi connectivity index (χ0n) is 11.1. The number of hydrogen-bond donors (Lipinski definition) is 1. The summed E-state index contributed by atoms with van der Waals surface area (Å²) in [6.45, 7) is 2.25. The van der Waals surface area contributed by atoms with Crippen LogP contribution in [0, 0.1) is 0 Å². The molecule has 0 saturated carbocycles. The predicted molar refractivity (Wildman–Crippen MR) is 75.0 cm³/mol.